The molecule has 3 aliphatic carbocycles. The lowest BCUT2D eigenvalue weighted by molar-refractivity contribution is -0.199. The molecule has 8 rings (SSSR count). The van der Waals surface area contributed by atoms with Gasteiger partial charge in [0, 0.05) is 23.2 Å². The second-order valence-corrected chi connectivity index (χ2v) is 18.3. The highest BCUT2D eigenvalue weighted by atomic mass is 32.1. The number of hydrogen-bond acceptors (Lipinski definition) is 13. The molecule has 2 aromatic carbocycles. The molecule has 15 nitrogen and oxygen atoms in total. The van der Waals surface area contributed by atoms with Gasteiger partial charge in [0.2, 0.25) is 11.8 Å². The Labute approximate surface area is 359 Å². The summed E-state index contributed by atoms with van der Waals surface area (Å²) in [6, 6.07) is 15.9. The van der Waals surface area contributed by atoms with E-state index in [1.54, 1.807) is 44.4 Å². The predicted octanol–water partition coefficient (Wildman–Crippen LogP) is 6.73. The molecule has 4 aromatic rings. The van der Waals surface area contributed by atoms with E-state index in [9.17, 15) is 19.2 Å². The largest absolute Gasteiger partial charge is 0.496 e. The van der Waals surface area contributed by atoms with Crippen LogP contribution in [0.4, 0.5) is 9.93 Å². The zero-order valence-electron chi connectivity index (χ0n) is 35.6. The number of carbonyl (C=O) groups excluding carboxylic acids is 4. The van der Waals surface area contributed by atoms with Crippen LogP contribution >= 0.6 is 11.3 Å². The molecule has 2 aromatic heterocycles. The fourth-order valence-electron chi connectivity index (χ4n) is 8.74. The molecular formula is C44H52BN5O10S. The summed E-state index contributed by atoms with van der Waals surface area (Å²) >= 11 is 1.06. The number of amides is 3. The summed E-state index contributed by atoms with van der Waals surface area (Å²) in [5.41, 5.74) is 0.631. The molecule has 2 unspecified atom stereocenters. The predicted molar refractivity (Wildman–Crippen MR) is 227 cm³/mol. The van der Waals surface area contributed by atoms with Crippen LogP contribution < -0.4 is 25.4 Å². The normalized spacial score (nSPS) is 22.1. The Kier molecular flexibility index (Phi) is 12.5. The van der Waals surface area contributed by atoms with Gasteiger partial charge in [-0.3, -0.25) is 14.9 Å². The third-order valence-corrected chi connectivity index (χ3v) is 12.7. The summed E-state index contributed by atoms with van der Waals surface area (Å²) in [5.74, 6) is -1.46. The Balaban J connectivity index is 1.19. The van der Waals surface area contributed by atoms with E-state index in [1.165, 1.54) is 32.5 Å². The average Bonchev–Trinajstić information content (AvgIpc) is 3.84. The van der Waals surface area contributed by atoms with Crippen LogP contribution in [-0.4, -0.2) is 78.4 Å². The van der Waals surface area contributed by atoms with Gasteiger partial charge in [-0.05, 0) is 87.5 Å². The number of ether oxygens (including phenoxy) is 4. The summed E-state index contributed by atoms with van der Waals surface area (Å²) in [6.07, 6.45) is 2.40. The summed E-state index contributed by atoms with van der Waals surface area (Å²) in [4.78, 5) is 63.4. The van der Waals surface area contributed by atoms with Crippen molar-refractivity contribution in [1.29, 1.82) is 0 Å². The Morgan fingerprint density at radius 3 is 2.46 bits per heavy atom. The highest BCUT2D eigenvalue weighted by molar-refractivity contribution is 7.13. The first kappa shape index (κ1) is 43.6. The number of hydrogen-bond donors (Lipinski definition) is 3. The number of benzene rings is 2. The van der Waals surface area contributed by atoms with Crippen molar-refractivity contribution in [2.75, 3.05) is 19.5 Å². The van der Waals surface area contributed by atoms with Gasteiger partial charge in [-0.25, -0.2) is 19.6 Å². The van der Waals surface area contributed by atoms with E-state index in [4.69, 9.17) is 28.3 Å². The molecule has 6 atom stereocenters. The molecule has 0 spiro atoms. The maximum atomic E-state index is 14.8. The minimum atomic E-state index is -1.37. The van der Waals surface area contributed by atoms with Crippen molar-refractivity contribution < 1.29 is 47.4 Å². The first-order valence-electron chi connectivity index (χ1n) is 20.3. The van der Waals surface area contributed by atoms with Crippen molar-refractivity contribution in [3.63, 3.8) is 0 Å². The Hall–Kier alpha value is -5.52. The number of aromatic nitrogens is 2. The van der Waals surface area contributed by atoms with E-state index in [0.717, 1.165) is 29.7 Å². The number of esters is 1. The van der Waals surface area contributed by atoms with E-state index in [0.29, 0.717) is 11.5 Å². The molecule has 17 heteroatoms. The highest BCUT2D eigenvalue weighted by Crippen LogP contribution is 2.65. The molecule has 3 N–H and O–H groups in total. The third kappa shape index (κ3) is 9.38. The molecule has 1 saturated heterocycles. The number of thiazole rings is 1. The fourth-order valence-corrected chi connectivity index (χ4v) is 9.46. The molecule has 61 heavy (non-hydrogen) atoms. The van der Waals surface area contributed by atoms with Crippen molar-refractivity contribution in [3.8, 4) is 11.6 Å². The van der Waals surface area contributed by atoms with Crippen LogP contribution in [0.15, 0.2) is 72.2 Å². The first-order chi connectivity index (χ1) is 29.0. The van der Waals surface area contributed by atoms with Gasteiger partial charge < -0.3 is 38.9 Å². The number of methoxy groups -OCH3 is 2. The number of nitrogens with zero attached hydrogens (tertiary/aromatic N) is 2. The van der Waals surface area contributed by atoms with Gasteiger partial charge in [-0.1, -0.05) is 56.3 Å². The van der Waals surface area contributed by atoms with E-state index in [1.807, 2.05) is 30.3 Å². The Morgan fingerprint density at radius 2 is 1.75 bits per heavy atom. The average molecular weight is 854 g/mol. The number of rotatable bonds is 14. The van der Waals surface area contributed by atoms with Crippen molar-refractivity contribution in [2.45, 2.75) is 96.7 Å². The summed E-state index contributed by atoms with van der Waals surface area (Å²) in [7, 11) is 1.98. The summed E-state index contributed by atoms with van der Waals surface area (Å²) in [5, 5.41) is 10.3. The number of pyridine rings is 1. The molecule has 322 valence electrons. The second kappa shape index (κ2) is 17.5. The molecule has 0 radical (unpaired) electrons. The zero-order chi connectivity index (χ0) is 43.7. The maximum absolute atomic E-state index is 14.8. The number of para-hydroxylation sites is 1. The van der Waals surface area contributed by atoms with Crippen LogP contribution in [0.1, 0.15) is 98.0 Å². The number of nitrogens with one attached hydrogen (secondary N) is 3. The van der Waals surface area contributed by atoms with Gasteiger partial charge >= 0.3 is 19.2 Å². The lowest BCUT2D eigenvalue weighted by atomic mass is 9.43. The monoisotopic (exact) mass is 853 g/mol. The molecule has 4 aliphatic rings. The van der Waals surface area contributed by atoms with Crippen LogP contribution in [0.2, 0.25) is 0 Å². The summed E-state index contributed by atoms with van der Waals surface area (Å²) < 4.78 is 35.8. The van der Waals surface area contributed by atoms with Gasteiger partial charge in [-0.2, -0.15) is 0 Å². The Morgan fingerprint density at radius 1 is 0.984 bits per heavy atom. The van der Waals surface area contributed by atoms with Gasteiger partial charge in [0.05, 0.1) is 37.6 Å². The minimum Gasteiger partial charge on any atom is -0.496 e. The van der Waals surface area contributed by atoms with Crippen molar-refractivity contribution in [2.24, 2.45) is 17.3 Å². The molecule has 3 heterocycles. The topological polar surface area (TPSA) is 186 Å². The standard InChI is InChI=1S/C44H52BN5O10S/c1-42(2,3)58-39(53)29-16-12-15-26(36(29)56-8)19-33(45-59-32-22-28-21-31(43(28,4)5)44(32,6)60-45)48-38(52)35(49-37(51)27-17-18-46-34(20-27)55-7)30-24-61-40(47-30)50-41(54)57-23-25-13-10-9-11-14-25/h9-18,20,24,28,31-33,35H,19,21-23H2,1-8H3,(H,48,52)(H,49,51)(H,47,50,54)/t28-,31+,32?,33+,35?,44+/m1/s1. The van der Waals surface area contributed by atoms with Crippen molar-refractivity contribution >= 4 is 47.5 Å². The van der Waals surface area contributed by atoms with Gasteiger partial charge in [-0.15, -0.1) is 11.3 Å². The molecular weight excluding hydrogens is 801 g/mol. The SMILES string of the molecule is COc1cc(C(=O)NC(C(=O)N[C@@H](Cc2cccc(C(=O)OC(C)(C)C)c2OC)B2OC3C[C@H]4C[C@@H](C4(C)C)[C@]3(C)O2)c2csc(NC(=O)OCc3ccccc3)n2)ccn1. The molecule has 2 bridgehead atoms. The molecule has 1 aliphatic heterocycles. The minimum absolute atomic E-state index is 0.0400. The quantitative estimate of drug-likeness (QED) is 0.0900. The van der Waals surface area contributed by atoms with Crippen molar-refractivity contribution in [1.82, 2.24) is 20.6 Å². The second-order valence-electron chi connectivity index (χ2n) is 17.4. The Bertz CT molecular complexity index is 2270. The van der Waals surface area contributed by atoms with Crippen LogP contribution in [0.25, 0.3) is 0 Å². The molecule has 3 amide bonds. The summed E-state index contributed by atoms with van der Waals surface area (Å²) in [6.45, 7) is 12.0. The fraction of sp³-hybridized carbons (Fsp3) is 0.455. The number of anilines is 1. The lowest BCUT2D eigenvalue weighted by Gasteiger charge is -2.64. The highest BCUT2D eigenvalue weighted by Gasteiger charge is 2.68. The zero-order valence-corrected chi connectivity index (χ0v) is 36.4. The van der Waals surface area contributed by atoms with E-state index in [2.05, 4.69) is 46.7 Å². The van der Waals surface area contributed by atoms with E-state index in [-0.39, 0.29) is 64.0 Å². The van der Waals surface area contributed by atoms with Crippen molar-refractivity contribution in [3.05, 3.63) is 100 Å². The van der Waals surface area contributed by atoms with E-state index >= 15 is 0 Å². The first-order valence-corrected chi connectivity index (χ1v) is 21.1. The van der Waals surface area contributed by atoms with Gasteiger partial charge in [0.25, 0.3) is 5.91 Å². The van der Waals surface area contributed by atoms with Crippen LogP contribution in [-0.2, 0) is 36.6 Å². The molecule has 4 fully saturated rings. The van der Waals surface area contributed by atoms with Gasteiger partial charge in [0.15, 0.2) is 11.2 Å². The van der Waals surface area contributed by atoms with Gasteiger partial charge in [0.1, 0.15) is 23.5 Å². The third-order valence-electron chi connectivity index (χ3n) is 12.0. The lowest BCUT2D eigenvalue weighted by Crippen LogP contribution is -2.65. The van der Waals surface area contributed by atoms with Crippen LogP contribution in [0.3, 0.4) is 0 Å². The number of carbonyl (C=O) groups is 4. The molecule has 3 saturated carbocycles. The van der Waals surface area contributed by atoms with E-state index < -0.39 is 54.2 Å². The maximum Gasteiger partial charge on any atom is 0.482 e. The smallest absolute Gasteiger partial charge is 0.482 e. The van der Waals surface area contributed by atoms with Crippen LogP contribution in [0.5, 0.6) is 11.6 Å². The van der Waals surface area contributed by atoms with Crippen LogP contribution in [0, 0.1) is 17.3 Å².